The number of hydrogen-bond donors (Lipinski definition) is 1. The molecule has 0 unspecified atom stereocenters. The van der Waals surface area contributed by atoms with Gasteiger partial charge in [-0.1, -0.05) is 46.3 Å². The molecule has 0 saturated heterocycles. The van der Waals surface area contributed by atoms with Crippen molar-refractivity contribution in [3.8, 4) is 6.07 Å². The average Bonchev–Trinajstić information content (AvgIpc) is 2.53. The van der Waals surface area contributed by atoms with Crippen LogP contribution < -0.4 is 5.32 Å². The normalized spacial score (nSPS) is 9.80. The van der Waals surface area contributed by atoms with Gasteiger partial charge >= 0.3 is 0 Å². The first-order chi connectivity index (χ1) is 9.72. The number of hydrogen-bond acceptors (Lipinski definition) is 2. The van der Waals surface area contributed by atoms with Crippen LogP contribution in [0.2, 0.25) is 0 Å². The van der Waals surface area contributed by atoms with Crippen LogP contribution in [0.5, 0.6) is 0 Å². The minimum Gasteiger partial charge on any atom is -0.348 e. The molecule has 2 aromatic carbocycles. The van der Waals surface area contributed by atoms with Crippen molar-refractivity contribution in [3.05, 3.63) is 70.8 Å². The fraction of sp³-hybridized carbons (Fsp3) is 0.125. The van der Waals surface area contributed by atoms with Gasteiger partial charge in [-0.2, -0.15) is 5.26 Å². The van der Waals surface area contributed by atoms with Crippen LogP contribution in [0.1, 0.15) is 27.0 Å². The highest BCUT2D eigenvalue weighted by Crippen LogP contribution is 2.08. The summed E-state index contributed by atoms with van der Waals surface area (Å²) in [4.78, 5) is 12.0. The van der Waals surface area contributed by atoms with Crippen LogP contribution in [0.4, 0.5) is 0 Å². The molecule has 0 fully saturated rings. The summed E-state index contributed by atoms with van der Waals surface area (Å²) in [5.41, 5.74) is 3.22. The summed E-state index contributed by atoms with van der Waals surface area (Å²) in [6, 6.07) is 16.7. The first-order valence-corrected chi connectivity index (χ1v) is 7.27. The van der Waals surface area contributed by atoms with Gasteiger partial charge in [0.05, 0.1) is 11.6 Å². The summed E-state index contributed by atoms with van der Waals surface area (Å²) in [5.74, 6) is -0.174. The number of carbonyl (C=O) groups excluding carboxylic acids is 1. The predicted octanol–water partition coefficient (Wildman–Crippen LogP) is 3.38. The van der Waals surface area contributed by atoms with Crippen LogP contribution >= 0.6 is 15.9 Å². The Hall–Kier alpha value is -2.12. The molecule has 0 bridgehead atoms. The molecule has 1 amide bonds. The summed E-state index contributed by atoms with van der Waals surface area (Å²) >= 11 is 3.39. The van der Waals surface area contributed by atoms with Crippen LogP contribution in [-0.2, 0) is 11.9 Å². The molecule has 3 nitrogen and oxygen atoms in total. The second kappa shape index (κ2) is 6.88. The number of carbonyl (C=O) groups is 1. The Balaban J connectivity index is 1.99. The van der Waals surface area contributed by atoms with Crippen LogP contribution in [0.3, 0.4) is 0 Å². The topological polar surface area (TPSA) is 52.9 Å². The van der Waals surface area contributed by atoms with E-state index in [1.165, 1.54) is 5.56 Å². The number of nitrogens with one attached hydrogen (secondary N) is 1. The Kier molecular flexibility index (Phi) is 4.91. The van der Waals surface area contributed by atoms with Gasteiger partial charge in [0, 0.05) is 17.4 Å². The van der Waals surface area contributed by atoms with Crippen molar-refractivity contribution in [2.45, 2.75) is 11.9 Å². The van der Waals surface area contributed by atoms with Gasteiger partial charge in [-0.15, -0.1) is 0 Å². The largest absolute Gasteiger partial charge is 0.348 e. The van der Waals surface area contributed by atoms with Crippen molar-refractivity contribution in [2.75, 3.05) is 0 Å². The zero-order valence-electron chi connectivity index (χ0n) is 10.8. The molecule has 100 valence electrons. The molecular formula is C16H13BrN2O. The molecule has 0 atom stereocenters. The number of alkyl halides is 1. The second-order valence-electron chi connectivity index (χ2n) is 4.33. The van der Waals surface area contributed by atoms with Crippen LogP contribution in [0.25, 0.3) is 0 Å². The number of amides is 1. The molecule has 2 rings (SSSR count). The molecular weight excluding hydrogens is 316 g/mol. The van der Waals surface area contributed by atoms with E-state index in [-0.39, 0.29) is 5.91 Å². The maximum absolute atomic E-state index is 12.0. The summed E-state index contributed by atoms with van der Waals surface area (Å²) in [6.45, 7) is 0.470. The molecule has 0 radical (unpaired) electrons. The lowest BCUT2D eigenvalue weighted by atomic mass is 10.1. The van der Waals surface area contributed by atoms with Crippen molar-refractivity contribution in [2.24, 2.45) is 0 Å². The Morgan fingerprint density at radius 1 is 1.15 bits per heavy atom. The van der Waals surface area contributed by atoms with Gasteiger partial charge in [-0.25, -0.2) is 0 Å². The molecule has 2 aromatic rings. The van der Waals surface area contributed by atoms with E-state index in [1.54, 1.807) is 24.3 Å². The van der Waals surface area contributed by atoms with Gasteiger partial charge in [0.2, 0.25) is 0 Å². The van der Waals surface area contributed by atoms with Gasteiger partial charge in [-0.05, 0) is 29.3 Å². The van der Waals surface area contributed by atoms with Gasteiger partial charge < -0.3 is 5.32 Å². The third-order valence-electron chi connectivity index (χ3n) is 2.88. The molecule has 0 aliphatic heterocycles. The van der Waals surface area contributed by atoms with E-state index in [2.05, 4.69) is 21.2 Å². The third-order valence-corrected chi connectivity index (χ3v) is 3.53. The number of benzene rings is 2. The summed E-state index contributed by atoms with van der Waals surface area (Å²) < 4.78 is 0. The highest BCUT2D eigenvalue weighted by Gasteiger charge is 2.05. The molecule has 20 heavy (non-hydrogen) atoms. The Morgan fingerprint density at radius 2 is 1.85 bits per heavy atom. The van der Waals surface area contributed by atoms with Crippen molar-refractivity contribution in [1.29, 1.82) is 5.26 Å². The highest BCUT2D eigenvalue weighted by molar-refractivity contribution is 9.08. The Bertz CT molecular complexity index is 644. The maximum Gasteiger partial charge on any atom is 0.251 e. The molecule has 0 heterocycles. The highest BCUT2D eigenvalue weighted by atomic mass is 79.9. The lowest BCUT2D eigenvalue weighted by Crippen LogP contribution is -2.22. The average molecular weight is 329 g/mol. The fourth-order valence-corrected chi connectivity index (χ4v) is 2.13. The van der Waals surface area contributed by atoms with Crippen molar-refractivity contribution < 1.29 is 4.79 Å². The molecule has 4 heteroatoms. The van der Waals surface area contributed by atoms with E-state index in [1.807, 2.05) is 30.3 Å². The quantitative estimate of drug-likeness (QED) is 0.874. The number of nitriles is 1. The number of nitrogens with zero attached hydrogens (tertiary/aromatic N) is 1. The molecule has 0 saturated carbocycles. The smallest absolute Gasteiger partial charge is 0.251 e. The molecule has 1 N–H and O–H groups in total. The van der Waals surface area contributed by atoms with Gasteiger partial charge in [0.25, 0.3) is 5.91 Å². The van der Waals surface area contributed by atoms with Gasteiger partial charge in [0.15, 0.2) is 0 Å². The maximum atomic E-state index is 12.0. The monoisotopic (exact) mass is 328 g/mol. The number of rotatable bonds is 4. The standard InChI is InChI=1S/C16H13BrN2O/c17-9-12-4-6-13(7-5-12)11-19-16(20)15-3-1-2-14(8-15)10-18/h1-8H,9,11H2,(H,19,20). The van der Waals surface area contributed by atoms with E-state index in [0.29, 0.717) is 17.7 Å². The SMILES string of the molecule is N#Cc1cccc(C(=O)NCc2ccc(CBr)cc2)c1. The van der Waals surface area contributed by atoms with E-state index >= 15 is 0 Å². The van der Waals surface area contributed by atoms with E-state index < -0.39 is 0 Å². The summed E-state index contributed by atoms with van der Waals surface area (Å²) in [6.07, 6.45) is 0. The lowest BCUT2D eigenvalue weighted by Gasteiger charge is -2.06. The van der Waals surface area contributed by atoms with Crippen molar-refractivity contribution in [3.63, 3.8) is 0 Å². The second-order valence-corrected chi connectivity index (χ2v) is 4.89. The molecule has 0 aliphatic carbocycles. The zero-order chi connectivity index (χ0) is 14.4. The Labute approximate surface area is 126 Å². The van der Waals surface area contributed by atoms with E-state index in [9.17, 15) is 4.79 Å². The first-order valence-electron chi connectivity index (χ1n) is 6.15. The van der Waals surface area contributed by atoms with Crippen molar-refractivity contribution in [1.82, 2.24) is 5.32 Å². The zero-order valence-corrected chi connectivity index (χ0v) is 12.4. The molecule has 0 aromatic heterocycles. The molecule has 0 aliphatic rings. The molecule has 0 spiro atoms. The van der Waals surface area contributed by atoms with E-state index in [0.717, 1.165) is 10.9 Å². The predicted molar refractivity (Wildman–Crippen MR) is 81.4 cm³/mol. The van der Waals surface area contributed by atoms with Crippen LogP contribution in [-0.4, -0.2) is 5.91 Å². The third kappa shape index (κ3) is 3.69. The van der Waals surface area contributed by atoms with E-state index in [4.69, 9.17) is 5.26 Å². The van der Waals surface area contributed by atoms with Gasteiger partial charge in [-0.3, -0.25) is 4.79 Å². The summed E-state index contributed by atoms with van der Waals surface area (Å²) in [5, 5.41) is 12.5. The minimum absolute atomic E-state index is 0.174. The van der Waals surface area contributed by atoms with Crippen LogP contribution in [0.15, 0.2) is 48.5 Å². The van der Waals surface area contributed by atoms with Crippen LogP contribution in [0, 0.1) is 11.3 Å². The summed E-state index contributed by atoms with van der Waals surface area (Å²) in [7, 11) is 0. The Morgan fingerprint density at radius 3 is 2.50 bits per heavy atom. The lowest BCUT2D eigenvalue weighted by molar-refractivity contribution is 0.0951. The number of halogens is 1. The minimum atomic E-state index is -0.174. The first kappa shape index (κ1) is 14.3. The van der Waals surface area contributed by atoms with Gasteiger partial charge in [0.1, 0.15) is 0 Å². The van der Waals surface area contributed by atoms with Crippen molar-refractivity contribution >= 4 is 21.8 Å². The fourth-order valence-electron chi connectivity index (χ4n) is 1.76.